The van der Waals surface area contributed by atoms with Gasteiger partial charge in [-0.3, -0.25) is 0 Å². The molecule has 1 aliphatic rings. The maximum absolute atomic E-state index is 10.8. The fourth-order valence-corrected chi connectivity index (χ4v) is 2.82. The number of hydrogen-bond acceptors (Lipinski definition) is 5. The number of nitrogens with one attached hydrogen (secondary N) is 1. The molecule has 0 saturated carbocycles. The van der Waals surface area contributed by atoms with Gasteiger partial charge in [0.1, 0.15) is 5.82 Å². The van der Waals surface area contributed by atoms with E-state index in [0.717, 1.165) is 12.2 Å². The third kappa shape index (κ3) is 3.03. The van der Waals surface area contributed by atoms with Crippen LogP contribution in [0.15, 0.2) is 12.1 Å². The van der Waals surface area contributed by atoms with Crippen LogP contribution in [0.5, 0.6) is 0 Å². The van der Waals surface area contributed by atoms with Crippen molar-refractivity contribution in [1.82, 2.24) is 4.98 Å². The molecule has 0 radical (unpaired) electrons. The van der Waals surface area contributed by atoms with Crippen molar-refractivity contribution in [3.8, 4) is 0 Å². The van der Waals surface area contributed by atoms with Crippen molar-refractivity contribution in [2.24, 2.45) is 0 Å². The minimum atomic E-state index is -1.04. The van der Waals surface area contributed by atoms with Gasteiger partial charge in [-0.05, 0) is 30.7 Å². The van der Waals surface area contributed by atoms with Gasteiger partial charge < -0.3 is 16.2 Å². The van der Waals surface area contributed by atoms with Crippen LogP contribution in [0, 0.1) is 0 Å². The van der Waals surface area contributed by atoms with Crippen LogP contribution in [0.1, 0.15) is 23.3 Å². The molecular weight excluding hydrogens is 238 g/mol. The van der Waals surface area contributed by atoms with E-state index in [9.17, 15) is 4.79 Å². The molecule has 6 heteroatoms. The molecule has 17 heavy (non-hydrogen) atoms. The van der Waals surface area contributed by atoms with Crippen LogP contribution in [0.3, 0.4) is 0 Å². The van der Waals surface area contributed by atoms with E-state index in [4.69, 9.17) is 10.8 Å². The highest BCUT2D eigenvalue weighted by Gasteiger charge is 2.16. The smallest absolute Gasteiger partial charge is 0.354 e. The minimum Gasteiger partial charge on any atom is -0.477 e. The van der Waals surface area contributed by atoms with E-state index in [1.165, 1.54) is 18.2 Å². The third-order valence-corrected chi connectivity index (χ3v) is 3.86. The SMILES string of the molecule is Nc1ccc(C(=O)O)nc1NC1CCCSC1. The molecule has 2 heterocycles. The Morgan fingerprint density at radius 2 is 2.41 bits per heavy atom. The van der Waals surface area contributed by atoms with Gasteiger partial charge in [-0.15, -0.1) is 0 Å². The summed E-state index contributed by atoms with van der Waals surface area (Å²) < 4.78 is 0. The Hall–Kier alpha value is -1.43. The highest BCUT2D eigenvalue weighted by Crippen LogP contribution is 2.23. The van der Waals surface area contributed by atoms with Gasteiger partial charge in [-0.2, -0.15) is 11.8 Å². The molecular formula is C11H15N3O2S. The van der Waals surface area contributed by atoms with Crippen molar-refractivity contribution in [1.29, 1.82) is 0 Å². The first-order valence-corrected chi connectivity index (χ1v) is 6.66. The number of nitrogen functional groups attached to an aromatic ring is 1. The van der Waals surface area contributed by atoms with Crippen molar-refractivity contribution < 1.29 is 9.90 Å². The Bertz CT molecular complexity index is 419. The topological polar surface area (TPSA) is 88.2 Å². The first kappa shape index (κ1) is 12.0. The molecule has 2 rings (SSSR count). The number of thioether (sulfide) groups is 1. The van der Waals surface area contributed by atoms with Gasteiger partial charge >= 0.3 is 5.97 Å². The van der Waals surface area contributed by atoms with Gasteiger partial charge in [0.15, 0.2) is 5.69 Å². The largest absolute Gasteiger partial charge is 0.477 e. The number of carboxylic acid groups (broad SMARTS) is 1. The number of anilines is 2. The summed E-state index contributed by atoms with van der Waals surface area (Å²) in [7, 11) is 0. The second-order valence-electron chi connectivity index (χ2n) is 4.00. The zero-order chi connectivity index (χ0) is 12.3. The number of pyridine rings is 1. The van der Waals surface area contributed by atoms with E-state index in [1.54, 1.807) is 6.07 Å². The Labute approximate surface area is 104 Å². The molecule has 92 valence electrons. The number of aromatic nitrogens is 1. The Morgan fingerprint density at radius 3 is 3.06 bits per heavy atom. The maximum Gasteiger partial charge on any atom is 0.354 e. The molecule has 0 spiro atoms. The minimum absolute atomic E-state index is 0.0187. The molecule has 1 fully saturated rings. The quantitative estimate of drug-likeness (QED) is 0.759. The normalized spacial score (nSPS) is 19.9. The first-order chi connectivity index (χ1) is 8.16. The lowest BCUT2D eigenvalue weighted by Gasteiger charge is -2.23. The molecule has 1 saturated heterocycles. The summed E-state index contributed by atoms with van der Waals surface area (Å²) in [5, 5.41) is 12.1. The fourth-order valence-electron chi connectivity index (χ4n) is 1.75. The van der Waals surface area contributed by atoms with Crippen molar-refractivity contribution >= 4 is 29.2 Å². The van der Waals surface area contributed by atoms with E-state index in [-0.39, 0.29) is 5.69 Å². The van der Waals surface area contributed by atoms with Crippen molar-refractivity contribution in [3.63, 3.8) is 0 Å². The second kappa shape index (κ2) is 5.27. The first-order valence-electron chi connectivity index (χ1n) is 5.51. The predicted octanol–water partition coefficient (Wildman–Crippen LogP) is 1.67. The number of nitrogens with zero attached hydrogens (tertiary/aromatic N) is 1. The van der Waals surface area contributed by atoms with Crippen LogP contribution in [-0.2, 0) is 0 Å². The van der Waals surface area contributed by atoms with E-state index in [2.05, 4.69) is 10.3 Å². The number of hydrogen-bond donors (Lipinski definition) is 3. The second-order valence-corrected chi connectivity index (χ2v) is 5.15. The summed E-state index contributed by atoms with van der Waals surface area (Å²) in [6.07, 6.45) is 2.24. The van der Waals surface area contributed by atoms with Crippen LogP contribution < -0.4 is 11.1 Å². The number of carbonyl (C=O) groups is 1. The van der Waals surface area contributed by atoms with Crippen LogP contribution in [0.2, 0.25) is 0 Å². The molecule has 1 atom stereocenters. The highest BCUT2D eigenvalue weighted by atomic mass is 32.2. The summed E-state index contributed by atoms with van der Waals surface area (Å²) in [4.78, 5) is 14.8. The van der Waals surface area contributed by atoms with E-state index in [0.29, 0.717) is 17.5 Å². The Balaban J connectivity index is 2.13. The summed E-state index contributed by atoms with van der Waals surface area (Å²) in [5.74, 6) is 1.65. The molecule has 0 bridgehead atoms. The summed E-state index contributed by atoms with van der Waals surface area (Å²) in [5.41, 5.74) is 6.29. The van der Waals surface area contributed by atoms with E-state index in [1.807, 2.05) is 11.8 Å². The molecule has 1 aliphatic heterocycles. The van der Waals surface area contributed by atoms with Crippen LogP contribution in [0.4, 0.5) is 11.5 Å². The number of carboxylic acids is 1. The highest BCUT2D eigenvalue weighted by molar-refractivity contribution is 7.99. The predicted molar refractivity (Wildman–Crippen MR) is 69.6 cm³/mol. The third-order valence-electron chi connectivity index (χ3n) is 2.65. The van der Waals surface area contributed by atoms with Crippen molar-refractivity contribution in [2.75, 3.05) is 22.6 Å². The van der Waals surface area contributed by atoms with Gasteiger partial charge in [0.25, 0.3) is 0 Å². The monoisotopic (exact) mass is 253 g/mol. The van der Waals surface area contributed by atoms with Crippen LogP contribution >= 0.6 is 11.8 Å². The molecule has 5 nitrogen and oxygen atoms in total. The zero-order valence-electron chi connectivity index (χ0n) is 9.35. The summed E-state index contributed by atoms with van der Waals surface area (Å²) in [6, 6.07) is 3.32. The average Bonchev–Trinajstić information content (AvgIpc) is 2.33. The molecule has 1 unspecified atom stereocenters. The summed E-state index contributed by atoms with van der Waals surface area (Å²) in [6.45, 7) is 0. The summed E-state index contributed by atoms with van der Waals surface area (Å²) >= 11 is 1.89. The van der Waals surface area contributed by atoms with E-state index < -0.39 is 5.97 Å². The lowest BCUT2D eigenvalue weighted by atomic mass is 10.2. The lowest BCUT2D eigenvalue weighted by molar-refractivity contribution is 0.0690. The van der Waals surface area contributed by atoms with Crippen molar-refractivity contribution in [2.45, 2.75) is 18.9 Å². The lowest BCUT2D eigenvalue weighted by Crippen LogP contribution is -2.27. The number of nitrogens with two attached hydrogens (primary N) is 1. The average molecular weight is 253 g/mol. The number of aromatic carboxylic acids is 1. The van der Waals surface area contributed by atoms with Gasteiger partial charge in [-0.25, -0.2) is 9.78 Å². The van der Waals surface area contributed by atoms with E-state index >= 15 is 0 Å². The fraction of sp³-hybridized carbons (Fsp3) is 0.455. The zero-order valence-corrected chi connectivity index (χ0v) is 10.2. The van der Waals surface area contributed by atoms with Crippen molar-refractivity contribution in [3.05, 3.63) is 17.8 Å². The maximum atomic E-state index is 10.8. The van der Waals surface area contributed by atoms with Crippen LogP contribution in [-0.4, -0.2) is 33.6 Å². The number of rotatable bonds is 3. The van der Waals surface area contributed by atoms with Gasteiger partial charge in [0, 0.05) is 11.8 Å². The van der Waals surface area contributed by atoms with Gasteiger partial charge in [0.2, 0.25) is 0 Å². The molecule has 0 aliphatic carbocycles. The molecule has 1 aromatic rings. The standard InChI is InChI=1S/C11H15N3O2S/c12-8-3-4-9(11(15)16)14-10(8)13-7-2-1-5-17-6-7/h3-4,7H,1-2,5-6,12H2,(H,13,14)(H,15,16). The Morgan fingerprint density at radius 1 is 1.59 bits per heavy atom. The van der Waals surface area contributed by atoms with Gasteiger partial charge in [0.05, 0.1) is 5.69 Å². The Kier molecular flexibility index (Phi) is 3.73. The van der Waals surface area contributed by atoms with Gasteiger partial charge in [-0.1, -0.05) is 0 Å². The van der Waals surface area contributed by atoms with Crippen LogP contribution in [0.25, 0.3) is 0 Å². The molecule has 1 aromatic heterocycles. The molecule has 4 N–H and O–H groups in total. The molecule has 0 amide bonds. The molecule has 0 aromatic carbocycles.